The lowest BCUT2D eigenvalue weighted by Gasteiger charge is -1.99. The highest BCUT2D eigenvalue weighted by molar-refractivity contribution is 5.92. The Kier molecular flexibility index (Phi) is 3.84. The van der Waals surface area contributed by atoms with E-state index < -0.39 is 5.97 Å². The van der Waals surface area contributed by atoms with Gasteiger partial charge in [-0.05, 0) is 13.8 Å². The SMILES string of the molecule is CCOC(=O)c1nn(Cc2cnn(CC)c2)cc1N. The lowest BCUT2D eigenvalue weighted by Crippen LogP contribution is -2.09. The van der Waals surface area contributed by atoms with Crippen LogP contribution in [0, 0.1) is 0 Å². The summed E-state index contributed by atoms with van der Waals surface area (Å²) in [5.41, 5.74) is 7.23. The number of esters is 1. The highest BCUT2D eigenvalue weighted by Crippen LogP contribution is 2.12. The molecule has 0 aliphatic heterocycles. The van der Waals surface area contributed by atoms with Crippen molar-refractivity contribution in [3.8, 4) is 0 Å². The topological polar surface area (TPSA) is 88.0 Å². The number of nitrogen functional groups attached to an aromatic ring is 1. The van der Waals surface area contributed by atoms with Crippen molar-refractivity contribution in [1.29, 1.82) is 0 Å². The Bertz CT molecular complexity index is 572. The smallest absolute Gasteiger partial charge is 0.361 e. The van der Waals surface area contributed by atoms with Gasteiger partial charge in [0.2, 0.25) is 0 Å². The number of carbonyl (C=O) groups excluding carboxylic acids is 1. The molecule has 2 aromatic heterocycles. The van der Waals surface area contributed by atoms with Gasteiger partial charge in [0.1, 0.15) is 0 Å². The average Bonchev–Trinajstić information content (AvgIpc) is 2.97. The second kappa shape index (κ2) is 5.55. The first-order chi connectivity index (χ1) is 9.13. The van der Waals surface area contributed by atoms with Gasteiger partial charge in [0.15, 0.2) is 5.69 Å². The lowest BCUT2D eigenvalue weighted by molar-refractivity contribution is 0.0519. The molecule has 0 unspecified atom stereocenters. The second-order valence-corrected chi connectivity index (χ2v) is 4.06. The molecule has 0 spiro atoms. The Balaban J connectivity index is 2.13. The Morgan fingerprint density at radius 2 is 2.16 bits per heavy atom. The lowest BCUT2D eigenvalue weighted by atomic mass is 10.3. The number of aryl methyl sites for hydroxylation is 1. The van der Waals surface area contributed by atoms with Gasteiger partial charge >= 0.3 is 5.97 Å². The molecule has 0 saturated heterocycles. The van der Waals surface area contributed by atoms with E-state index in [1.165, 1.54) is 0 Å². The highest BCUT2D eigenvalue weighted by atomic mass is 16.5. The fourth-order valence-corrected chi connectivity index (χ4v) is 1.72. The average molecular weight is 263 g/mol. The Morgan fingerprint density at radius 1 is 1.37 bits per heavy atom. The van der Waals surface area contributed by atoms with E-state index in [1.54, 1.807) is 24.0 Å². The van der Waals surface area contributed by atoms with E-state index in [9.17, 15) is 4.79 Å². The molecular formula is C12H17N5O2. The number of aromatic nitrogens is 4. The minimum absolute atomic E-state index is 0.157. The molecule has 2 heterocycles. The summed E-state index contributed by atoms with van der Waals surface area (Å²) in [6.07, 6.45) is 5.32. The first-order valence-electron chi connectivity index (χ1n) is 6.15. The van der Waals surface area contributed by atoms with Gasteiger partial charge in [0, 0.05) is 24.5 Å². The monoisotopic (exact) mass is 263 g/mol. The van der Waals surface area contributed by atoms with Crippen LogP contribution in [0.3, 0.4) is 0 Å². The van der Waals surface area contributed by atoms with Gasteiger partial charge in [-0.15, -0.1) is 0 Å². The number of nitrogens with zero attached hydrogens (tertiary/aromatic N) is 4. The summed E-state index contributed by atoms with van der Waals surface area (Å²) in [6, 6.07) is 0. The van der Waals surface area contributed by atoms with Crippen LogP contribution in [0.5, 0.6) is 0 Å². The van der Waals surface area contributed by atoms with Gasteiger partial charge in [-0.3, -0.25) is 9.36 Å². The van der Waals surface area contributed by atoms with E-state index in [0.29, 0.717) is 18.8 Å². The minimum atomic E-state index is -0.497. The van der Waals surface area contributed by atoms with Crippen molar-refractivity contribution in [1.82, 2.24) is 19.6 Å². The normalized spacial score (nSPS) is 10.6. The van der Waals surface area contributed by atoms with E-state index >= 15 is 0 Å². The predicted molar refractivity (Wildman–Crippen MR) is 69.6 cm³/mol. The number of ether oxygens (including phenoxy) is 1. The van der Waals surface area contributed by atoms with Crippen LogP contribution < -0.4 is 5.73 Å². The molecule has 0 aliphatic carbocycles. The van der Waals surface area contributed by atoms with Gasteiger partial charge in [0.05, 0.1) is 25.0 Å². The van der Waals surface area contributed by atoms with Crippen molar-refractivity contribution >= 4 is 11.7 Å². The summed E-state index contributed by atoms with van der Waals surface area (Å²) in [4.78, 5) is 11.6. The number of hydrogen-bond acceptors (Lipinski definition) is 5. The molecule has 0 amide bonds. The Hall–Kier alpha value is -2.31. The fraction of sp³-hybridized carbons (Fsp3) is 0.417. The van der Waals surface area contributed by atoms with Crippen LogP contribution in [-0.4, -0.2) is 32.1 Å². The van der Waals surface area contributed by atoms with Gasteiger partial charge in [-0.25, -0.2) is 4.79 Å². The number of carbonyl (C=O) groups is 1. The first kappa shape index (κ1) is 13.1. The molecule has 19 heavy (non-hydrogen) atoms. The van der Waals surface area contributed by atoms with Crippen LogP contribution in [0.2, 0.25) is 0 Å². The van der Waals surface area contributed by atoms with Crippen LogP contribution >= 0.6 is 0 Å². The summed E-state index contributed by atoms with van der Waals surface area (Å²) in [5, 5.41) is 8.32. The molecule has 2 aromatic rings. The third kappa shape index (κ3) is 2.93. The summed E-state index contributed by atoms with van der Waals surface area (Å²) in [7, 11) is 0. The van der Waals surface area contributed by atoms with Crippen molar-refractivity contribution in [3.63, 3.8) is 0 Å². The van der Waals surface area contributed by atoms with Gasteiger partial charge in [0.25, 0.3) is 0 Å². The first-order valence-corrected chi connectivity index (χ1v) is 6.15. The standard InChI is InChI=1S/C12H17N5O2/c1-3-16-6-9(5-14-16)7-17-8-10(13)11(15-17)12(18)19-4-2/h5-6,8H,3-4,7,13H2,1-2H3. The quantitative estimate of drug-likeness (QED) is 0.810. The van der Waals surface area contributed by atoms with Crippen molar-refractivity contribution in [2.45, 2.75) is 26.9 Å². The van der Waals surface area contributed by atoms with Crippen LogP contribution in [0.25, 0.3) is 0 Å². The molecule has 0 bridgehead atoms. The number of anilines is 1. The molecule has 2 rings (SSSR count). The van der Waals surface area contributed by atoms with Crippen molar-refractivity contribution < 1.29 is 9.53 Å². The van der Waals surface area contributed by atoms with Gasteiger partial charge in [-0.1, -0.05) is 0 Å². The third-order valence-electron chi connectivity index (χ3n) is 2.61. The molecule has 0 saturated carbocycles. The third-order valence-corrected chi connectivity index (χ3v) is 2.61. The van der Waals surface area contributed by atoms with Crippen molar-refractivity contribution in [2.24, 2.45) is 0 Å². The van der Waals surface area contributed by atoms with Crippen LogP contribution in [0.4, 0.5) is 5.69 Å². The zero-order valence-electron chi connectivity index (χ0n) is 11.0. The van der Waals surface area contributed by atoms with E-state index in [1.807, 2.05) is 17.8 Å². The summed E-state index contributed by atoms with van der Waals surface area (Å²) >= 11 is 0. The van der Waals surface area contributed by atoms with Crippen LogP contribution in [-0.2, 0) is 17.8 Å². The van der Waals surface area contributed by atoms with E-state index in [0.717, 1.165) is 12.1 Å². The molecular weight excluding hydrogens is 246 g/mol. The van der Waals surface area contributed by atoms with Gasteiger partial charge < -0.3 is 10.5 Å². The molecule has 0 radical (unpaired) electrons. The van der Waals surface area contributed by atoms with E-state index in [4.69, 9.17) is 10.5 Å². The molecule has 0 aliphatic rings. The largest absolute Gasteiger partial charge is 0.461 e. The number of rotatable bonds is 5. The van der Waals surface area contributed by atoms with Crippen molar-refractivity contribution in [2.75, 3.05) is 12.3 Å². The fourth-order valence-electron chi connectivity index (χ4n) is 1.72. The van der Waals surface area contributed by atoms with Crippen molar-refractivity contribution in [3.05, 3.63) is 29.8 Å². The maximum atomic E-state index is 11.6. The zero-order chi connectivity index (χ0) is 13.8. The molecule has 0 fully saturated rings. The number of nitrogens with two attached hydrogens (primary N) is 1. The molecule has 7 nitrogen and oxygen atoms in total. The maximum absolute atomic E-state index is 11.6. The van der Waals surface area contributed by atoms with Crippen LogP contribution in [0.1, 0.15) is 29.9 Å². The molecule has 7 heteroatoms. The highest BCUT2D eigenvalue weighted by Gasteiger charge is 2.16. The van der Waals surface area contributed by atoms with E-state index in [2.05, 4.69) is 10.2 Å². The number of hydrogen-bond donors (Lipinski definition) is 1. The zero-order valence-corrected chi connectivity index (χ0v) is 11.0. The molecule has 0 atom stereocenters. The molecule has 102 valence electrons. The van der Waals surface area contributed by atoms with Crippen LogP contribution in [0.15, 0.2) is 18.6 Å². The second-order valence-electron chi connectivity index (χ2n) is 4.06. The Morgan fingerprint density at radius 3 is 2.79 bits per heavy atom. The van der Waals surface area contributed by atoms with E-state index in [-0.39, 0.29) is 5.69 Å². The summed E-state index contributed by atoms with van der Waals surface area (Å²) < 4.78 is 8.32. The summed E-state index contributed by atoms with van der Waals surface area (Å²) in [5.74, 6) is -0.497. The maximum Gasteiger partial charge on any atom is 0.361 e. The summed E-state index contributed by atoms with van der Waals surface area (Å²) in [6.45, 7) is 5.39. The predicted octanol–water partition coefficient (Wildman–Crippen LogP) is 0.907. The molecule has 0 aromatic carbocycles. The molecule has 2 N–H and O–H groups in total. The van der Waals surface area contributed by atoms with Gasteiger partial charge in [-0.2, -0.15) is 10.2 Å². The Labute approximate surface area is 111 Å². The minimum Gasteiger partial charge on any atom is -0.461 e.